The van der Waals surface area contributed by atoms with E-state index in [9.17, 15) is 24.6 Å². The molecule has 1 aromatic rings. The van der Waals surface area contributed by atoms with Crippen molar-refractivity contribution >= 4 is 23.7 Å². The standard InChI is InChI=1S/C23H33N5O5/c1-15(29)25-19(21(30)31)23(33)8-13-28(14-9-23)22(32)27-11-6-16(7-12-27)18-5-4-17-3-2-10-24-20(17)26-18/h4-5,16,19,33H,2-3,6-14H2,1H3,(H,24,26)(H,25,29)(H,30,31)/t19-/m1/s1. The topological polar surface area (TPSA) is 135 Å². The van der Waals surface area contributed by atoms with Gasteiger partial charge in [0.15, 0.2) is 6.04 Å². The van der Waals surface area contributed by atoms with Crippen molar-refractivity contribution in [2.75, 3.05) is 38.0 Å². The van der Waals surface area contributed by atoms with Gasteiger partial charge in [0.05, 0.1) is 5.60 Å². The zero-order valence-corrected chi connectivity index (χ0v) is 19.0. The van der Waals surface area contributed by atoms with Crippen LogP contribution in [0.1, 0.15) is 56.2 Å². The number of anilines is 1. The molecule has 0 radical (unpaired) electrons. The number of nitrogens with one attached hydrogen (secondary N) is 2. The van der Waals surface area contributed by atoms with Crippen LogP contribution in [0.2, 0.25) is 0 Å². The molecule has 2 fully saturated rings. The molecule has 1 aromatic heterocycles. The number of aryl methyl sites for hydroxylation is 1. The van der Waals surface area contributed by atoms with Gasteiger partial charge < -0.3 is 30.6 Å². The second-order valence-electron chi connectivity index (χ2n) is 9.38. The summed E-state index contributed by atoms with van der Waals surface area (Å²) in [7, 11) is 0. The number of carboxylic acids is 1. The monoisotopic (exact) mass is 459 g/mol. The molecule has 0 spiro atoms. The fourth-order valence-corrected chi connectivity index (χ4v) is 5.14. The predicted octanol–water partition coefficient (Wildman–Crippen LogP) is 1.16. The Balaban J connectivity index is 1.31. The molecule has 10 nitrogen and oxygen atoms in total. The molecule has 2 saturated heterocycles. The van der Waals surface area contributed by atoms with E-state index in [1.807, 2.05) is 4.90 Å². The van der Waals surface area contributed by atoms with E-state index >= 15 is 0 Å². The Bertz CT molecular complexity index is 907. The maximum atomic E-state index is 13.0. The Hall–Kier alpha value is -2.88. The zero-order chi connectivity index (χ0) is 23.6. The maximum absolute atomic E-state index is 13.0. The molecule has 3 aliphatic rings. The van der Waals surface area contributed by atoms with Crippen LogP contribution in [0.15, 0.2) is 12.1 Å². The van der Waals surface area contributed by atoms with Crippen LogP contribution >= 0.6 is 0 Å². The van der Waals surface area contributed by atoms with Gasteiger partial charge in [-0.15, -0.1) is 0 Å². The molecule has 0 saturated carbocycles. The number of pyridine rings is 1. The first-order chi connectivity index (χ1) is 15.8. The van der Waals surface area contributed by atoms with E-state index in [1.165, 1.54) is 12.5 Å². The number of carbonyl (C=O) groups is 3. The number of hydrogen-bond donors (Lipinski definition) is 4. The third-order valence-corrected chi connectivity index (χ3v) is 7.13. The van der Waals surface area contributed by atoms with Crippen LogP contribution in [0.4, 0.5) is 10.6 Å². The Morgan fingerprint density at radius 3 is 2.45 bits per heavy atom. The molecule has 4 heterocycles. The van der Waals surface area contributed by atoms with E-state index in [4.69, 9.17) is 4.98 Å². The molecule has 10 heteroatoms. The minimum absolute atomic E-state index is 0.0815. The Morgan fingerprint density at radius 1 is 1.15 bits per heavy atom. The van der Waals surface area contributed by atoms with E-state index in [2.05, 4.69) is 22.8 Å². The predicted molar refractivity (Wildman–Crippen MR) is 121 cm³/mol. The molecule has 0 aliphatic carbocycles. The molecular formula is C23H33N5O5. The Morgan fingerprint density at radius 2 is 1.82 bits per heavy atom. The number of aliphatic carboxylic acids is 1. The summed E-state index contributed by atoms with van der Waals surface area (Å²) >= 11 is 0. The number of hydrogen-bond acceptors (Lipinski definition) is 6. The van der Waals surface area contributed by atoms with E-state index < -0.39 is 23.5 Å². The molecule has 3 amide bonds. The van der Waals surface area contributed by atoms with Gasteiger partial charge in [0.25, 0.3) is 0 Å². The highest BCUT2D eigenvalue weighted by Gasteiger charge is 2.45. The molecular weight excluding hydrogens is 426 g/mol. The molecule has 4 rings (SSSR count). The summed E-state index contributed by atoms with van der Waals surface area (Å²) in [6, 6.07) is 2.82. The molecule has 0 aromatic carbocycles. The van der Waals surface area contributed by atoms with Gasteiger partial charge in [-0.05, 0) is 50.2 Å². The van der Waals surface area contributed by atoms with Crippen molar-refractivity contribution in [3.05, 3.63) is 23.4 Å². The van der Waals surface area contributed by atoms with Crippen LogP contribution in [-0.4, -0.2) is 87.3 Å². The highest BCUT2D eigenvalue weighted by Crippen LogP contribution is 2.31. The fraction of sp³-hybridized carbons (Fsp3) is 0.652. The minimum atomic E-state index is -1.58. The first-order valence-corrected chi connectivity index (χ1v) is 11.8. The minimum Gasteiger partial charge on any atom is -0.480 e. The smallest absolute Gasteiger partial charge is 0.329 e. The van der Waals surface area contributed by atoms with Crippen molar-refractivity contribution in [1.29, 1.82) is 0 Å². The van der Waals surface area contributed by atoms with Crippen LogP contribution in [0.3, 0.4) is 0 Å². The molecule has 1 atom stereocenters. The van der Waals surface area contributed by atoms with Crippen LogP contribution in [-0.2, 0) is 16.0 Å². The van der Waals surface area contributed by atoms with E-state index in [1.54, 1.807) is 4.90 Å². The van der Waals surface area contributed by atoms with Crippen molar-refractivity contribution in [1.82, 2.24) is 20.1 Å². The average molecular weight is 460 g/mol. The van der Waals surface area contributed by atoms with E-state index in [0.717, 1.165) is 43.7 Å². The normalized spacial score (nSPS) is 21.5. The molecule has 0 unspecified atom stereocenters. The Kier molecular flexibility index (Phi) is 6.73. The van der Waals surface area contributed by atoms with Gasteiger partial charge >= 0.3 is 12.0 Å². The molecule has 4 N–H and O–H groups in total. The number of piperidine rings is 2. The number of likely N-dealkylation sites (tertiary alicyclic amines) is 2. The van der Waals surface area contributed by atoms with Crippen LogP contribution in [0.5, 0.6) is 0 Å². The van der Waals surface area contributed by atoms with Crippen LogP contribution in [0, 0.1) is 0 Å². The number of amides is 3. The summed E-state index contributed by atoms with van der Waals surface area (Å²) in [4.78, 5) is 44.3. The second-order valence-corrected chi connectivity index (χ2v) is 9.38. The summed E-state index contributed by atoms with van der Waals surface area (Å²) in [6.45, 7) is 3.95. The van der Waals surface area contributed by atoms with Crippen LogP contribution in [0.25, 0.3) is 0 Å². The van der Waals surface area contributed by atoms with E-state index in [0.29, 0.717) is 19.0 Å². The second kappa shape index (κ2) is 9.54. The summed E-state index contributed by atoms with van der Waals surface area (Å²) in [5, 5.41) is 26.0. The number of carboxylic acid groups (broad SMARTS) is 1. The third kappa shape index (κ3) is 5.05. The van der Waals surface area contributed by atoms with Gasteiger partial charge in [-0.25, -0.2) is 14.6 Å². The van der Waals surface area contributed by atoms with E-state index in [-0.39, 0.29) is 32.0 Å². The molecule has 180 valence electrons. The van der Waals surface area contributed by atoms with Gasteiger partial charge in [-0.2, -0.15) is 0 Å². The number of fused-ring (bicyclic) bond motifs is 1. The number of aromatic nitrogens is 1. The van der Waals surface area contributed by atoms with Crippen molar-refractivity contribution in [2.45, 2.75) is 63.0 Å². The highest BCUT2D eigenvalue weighted by atomic mass is 16.4. The average Bonchev–Trinajstić information content (AvgIpc) is 2.82. The number of rotatable bonds is 4. The SMILES string of the molecule is CC(=O)N[C@H](C(=O)O)C1(O)CCN(C(=O)N2CCC(c3ccc4c(n3)NCCC4)CC2)CC1. The maximum Gasteiger partial charge on any atom is 0.329 e. The van der Waals surface area contributed by atoms with Gasteiger partial charge in [-0.1, -0.05) is 6.07 Å². The molecule has 33 heavy (non-hydrogen) atoms. The fourth-order valence-electron chi connectivity index (χ4n) is 5.14. The molecule has 3 aliphatic heterocycles. The van der Waals surface area contributed by atoms with Gasteiger partial charge in [-0.3, -0.25) is 4.79 Å². The number of urea groups is 1. The number of nitrogens with zero attached hydrogens (tertiary/aromatic N) is 3. The third-order valence-electron chi connectivity index (χ3n) is 7.13. The van der Waals surface area contributed by atoms with Gasteiger partial charge in [0.2, 0.25) is 5.91 Å². The quantitative estimate of drug-likeness (QED) is 0.531. The van der Waals surface area contributed by atoms with Crippen molar-refractivity contribution in [2.24, 2.45) is 0 Å². The number of carbonyl (C=O) groups excluding carboxylic acids is 2. The summed E-state index contributed by atoms with van der Waals surface area (Å²) in [5.74, 6) is -0.470. The lowest BCUT2D eigenvalue weighted by molar-refractivity contribution is -0.152. The lowest BCUT2D eigenvalue weighted by Crippen LogP contribution is -2.62. The lowest BCUT2D eigenvalue weighted by atomic mass is 9.84. The van der Waals surface area contributed by atoms with Crippen molar-refractivity contribution in [3.63, 3.8) is 0 Å². The Labute approximate surface area is 193 Å². The highest BCUT2D eigenvalue weighted by molar-refractivity contribution is 5.83. The zero-order valence-electron chi connectivity index (χ0n) is 19.0. The summed E-state index contributed by atoms with van der Waals surface area (Å²) in [5.41, 5.74) is 0.773. The number of aliphatic hydroxyl groups is 1. The first-order valence-electron chi connectivity index (χ1n) is 11.8. The summed E-state index contributed by atoms with van der Waals surface area (Å²) < 4.78 is 0. The first kappa shape index (κ1) is 23.3. The van der Waals surface area contributed by atoms with Crippen molar-refractivity contribution < 1.29 is 24.6 Å². The largest absolute Gasteiger partial charge is 0.480 e. The molecule has 0 bridgehead atoms. The van der Waals surface area contributed by atoms with Crippen molar-refractivity contribution in [3.8, 4) is 0 Å². The van der Waals surface area contributed by atoms with Gasteiger partial charge in [0, 0.05) is 51.3 Å². The van der Waals surface area contributed by atoms with Gasteiger partial charge in [0.1, 0.15) is 5.82 Å². The summed E-state index contributed by atoms with van der Waals surface area (Å²) in [6.07, 6.45) is 4.08. The lowest BCUT2D eigenvalue weighted by Gasteiger charge is -2.43. The van der Waals surface area contributed by atoms with Crippen LogP contribution < -0.4 is 10.6 Å².